The Labute approximate surface area is 81.3 Å². The Kier molecular flexibility index (Phi) is 1.26. The van der Waals surface area contributed by atoms with Crippen LogP contribution in [0.1, 0.15) is 18.5 Å². The number of nitrogens with one attached hydrogen (secondary N) is 1. The van der Waals surface area contributed by atoms with Gasteiger partial charge in [-0.3, -0.25) is 9.78 Å². The molecule has 0 aromatic carbocycles. The number of carbonyl (C=O) groups excluding carboxylic acids is 1. The van der Waals surface area contributed by atoms with E-state index >= 15 is 0 Å². The quantitative estimate of drug-likeness (QED) is 0.669. The van der Waals surface area contributed by atoms with Crippen LogP contribution in [-0.2, 0) is 4.79 Å². The van der Waals surface area contributed by atoms with Crippen LogP contribution in [0.25, 0.3) is 0 Å². The van der Waals surface area contributed by atoms with E-state index in [4.69, 9.17) is 4.74 Å². The summed E-state index contributed by atoms with van der Waals surface area (Å²) in [5.74, 6) is 0.670. The molecule has 0 saturated heterocycles. The van der Waals surface area contributed by atoms with Crippen molar-refractivity contribution in [3.8, 4) is 5.75 Å². The monoisotopic (exact) mass is 190 g/mol. The molecule has 1 amide bonds. The Morgan fingerprint density at radius 2 is 2.36 bits per heavy atom. The van der Waals surface area contributed by atoms with Crippen molar-refractivity contribution in [1.29, 1.82) is 0 Å². The fourth-order valence-corrected chi connectivity index (χ4v) is 1.66. The molecular formula is C10H10N2O2. The fourth-order valence-electron chi connectivity index (χ4n) is 1.66. The molecule has 0 unspecified atom stereocenters. The van der Waals surface area contributed by atoms with Crippen LogP contribution in [0, 0.1) is 6.92 Å². The molecule has 0 bridgehead atoms. The smallest absolute Gasteiger partial charge is 0.268 e. The number of amides is 1. The molecule has 1 aromatic heterocycles. The number of rotatable bonds is 0. The lowest BCUT2D eigenvalue weighted by Crippen LogP contribution is -2.39. The van der Waals surface area contributed by atoms with Crippen molar-refractivity contribution >= 4 is 11.6 Å². The summed E-state index contributed by atoms with van der Waals surface area (Å²) in [5.41, 5.74) is 1.05. The number of aromatic nitrogens is 1. The normalized spacial score (nSPS) is 21.1. The maximum atomic E-state index is 11.6. The van der Waals surface area contributed by atoms with Gasteiger partial charge >= 0.3 is 0 Å². The van der Waals surface area contributed by atoms with Gasteiger partial charge in [0.25, 0.3) is 5.91 Å². The number of hydrogen-bond donors (Lipinski definition) is 1. The number of carbonyl (C=O) groups is 1. The molecule has 4 heteroatoms. The summed E-state index contributed by atoms with van der Waals surface area (Å²) in [4.78, 5) is 15.7. The minimum absolute atomic E-state index is 0.0180. The largest absolute Gasteiger partial charge is 0.474 e. The van der Waals surface area contributed by atoms with E-state index in [2.05, 4.69) is 10.3 Å². The van der Waals surface area contributed by atoms with Crippen molar-refractivity contribution in [3.05, 3.63) is 18.0 Å². The van der Waals surface area contributed by atoms with Crippen LogP contribution >= 0.6 is 0 Å². The second-order valence-corrected chi connectivity index (χ2v) is 3.87. The van der Waals surface area contributed by atoms with E-state index in [0.717, 1.165) is 24.2 Å². The summed E-state index contributed by atoms with van der Waals surface area (Å²) >= 11 is 0. The number of fused-ring (bicyclic) bond motifs is 1. The van der Waals surface area contributed by atoms with Crippen LogP contribution in [-0.4, -0.2) is 16.5 Å². The fraction of sp³-hybridized carbons (Fsp3) is 0.400. The number of pyridine rings is 1. The molecule has 3 rings (SSSR count). The van der Waals surface area contributed by atoms with E-state index in [0.29, 0.717) is 5.75 Å². The number of ether oxygens (including phenoxy) is 1. The molecule has 2 aliphatic rings. The molecule has 2 heterocycles. The van der Waals surface area contributed by atoms with Crippen molar-refractivity contribution in [2.45, 2.75) is 25.4 Å². The first-order valence-electron chi connectivity index (χ1n) is 4.67. The van der Waals surface area contributed by atoms with Gasteiger partial charge in [-0.1, -0.05) is 0 Å². The van der Waals surface area contributed by atoms with Crippen molar-refractivity contribution in [3.63, 3.8) is 0 Å². The highest BCUT2D eigenvalue weighted by atomic mass is 16.5. The van der Waals surface area contributed by atoms with E-state index in [-0.39, 0.29) is 5.91 Å². The van der Waals surface area contributed by atoms with E-state index in [1.165, 1.54) is 0 Å². The number of aryl methyl sites for hydroxylation is 1. The molecule has 1 aliphatic carbocycles. The molecule has 0 radical (unpaired) electrons. The van der Waals surface area contributed by atoms with Crippen LogP contribution in [0.4, 0.5) is 5.69 Å². The van der Waals surface area contributed by atoms with Gasteiger partial charge in [-0.15, -0.1) is 0 Å². The Balaban J connectivity index is 2.06. The molecule has 1 aliphatic heterocycles. The lowest BCUT2D eigenvalue weighted by Gasteiger charge is -2.25. The average Bonchev–Trinajstić information content (AvgIpc) is 2.89. The predicted octanol–water partition coefficient (Wildman–Crippen LogP) is 1.25. The topological polar surface area (TPSA) is 51.2 Å². The average molecular weight is 190 g/mol. The van der Waals surface area contributed by atoms with Gasteiger partial charge < -0.3 is 10.1 Å². The molecular weight excluding hydrogens is 180 g/mol. The first-order valence-corrected chi connectivity index (χ1v) is 4.67. The van der Waals surface area contributed by atoms with Gasteiger partial charge in [0.1, 0.15) is 0 Å². The van der Waals surface area contributed by atoms with E-state index < -0.39 is 5.60 Å². The summed E-state index contributed by atoms with van der Waals surface area (Å²) in [5, 5.41) is 2.85. The number of nitrogens with zero attached hydrogens (tertiary/aromatic N) is 1. The molecule has 1 N–H and O–H groups in total. The molecule has 72 valence electrons. The zero-order valence-corrected chi connectivity index (χ0v) is 7.83. The summed E-state index contributed by atoms with van der Waals surface area (Å²) in [6, 6.07) is 1.82. The second-order valence-electron chi connectivity index (χ2n) is 3.87. The number of hydrogen-bond acceptors (Lipinski definition) is 3. The maximum absolute atomic E-state index is 11.6. The first-order chi connectivity index (χ1) is 6.70. The van der Waals surface area contributed by atoms with Gasteiger partial charge in [-0.25, -0.2) is 0 Å². The predicted molar refractivity (Wildman–Crippen MR) is 50.2 cm³/mol. The Morgan fingerprint density at radius 1 is 1.57 bits per heavy atom. The highest BCUT2D eigenvalue weighted by Crippen LogP contribution is 2.46. The number of anilines is 1. The lowest BCUT2D eigenvalue weighted by atomic mass is 10.2. The second kappa shape index (κ2) is 2.26. The minimum Gasteiger partial charge on any atom is -0.474 e. The van der Waals surface area contributed by atoms with E-state index in [1.807, 2.05) is 13.0 Å². The SMILES string of the molecule is Cc1cc2c(cn1)OC1(CC1)C(=O)N2. The zero-order valence-electron chi connectivity index (χ0n) is 7.83. The van der Waals surface area contributed by atoms with Gasteiger partial charge in [0.15, 0.2) is 11.4 Å². The molecule has 14 heavy (non-hydrogen) atoms. The van der Waals surface area contributed by atoms with Crippen LogP contribution < -0.4 is 10.1 Å². The zero-order chi connectivity index (χ0) is 9.76. The lowest BCUT2D eigenvalue weighted by molar-refractivity contribution is -0.125. The van der Waals surface area contributed by atoms with Crippen molar-refractivity contribution < 1.29 is 9.53 Å². The van der Waals surface area contributed by atoms with E-state index in [9.17, 15) is 4.79 Å². The molecule has 0 atom stereocenters. The van der Waals surface area contributed by atoms with Crippen molar-refractivity contribution in [2.24, 2.45) is 0 Å². The van der Waals surface area contributed by atoms with Crippen LogP contribution in [0.5, 0.6) is 5.75 Å². The highest BCUT2D eigenvalue weighted by Gasteiger charge is 2.55. The van der Waals surface area contributed by atoms with Crippen molar-refractivity contribution in [2.75, 3.05) is 5.32 Å². The minimum atomic E-state index is -0.566. The van der Waals surface area contributed by atoms with Gasteiger partial charge in [0.2, 0.25) is 0 Å². The Morgan fingerprint density at radius 3 is 3.07 bits per heavy atom. The Bertz CT molecular complexity index is 424. The summed E-state index contributed by atoms with van der Waals surface area (Å²) in [6.45, 7) is 1.88. The maximum Gasteiger partial charge on any atom is 0.268 e. The summed E-state index contributed by atoms with van der Waals surface area (Å²) in [6.07, 6.45) is 3.29. The van der Waals surface area contributed by atoms with Crippen LogP contribution in [0.3, 0.4) is 0 Å². The van der Waals surface area contributed by atoms with E-state index in [1.54, 1.807) is 6.20 Å². The van der Waals surface area contributed by atoms with Crippen LogP contribution in [0.15, 0.2) is 12.3 Å². The summed E-state index contributed by atoms with van der Waals surface area (Å²) < 4.78 is 5.62. The van der Waals surface area contributed by atoms with Gasteiger partial charge in [0, 0.05) is 18.5 Å². The molecule has 1 fully saturated rings. The molecule has 1 saturated carbocycles. The van der Waals surface area contributed by atoms with Crippen LogP contribution in [0.2, 0.25) is 0 Å². The van der Waals surface area contributed by atoms with Gasteiger partial charge in [-0.2, -0.15) is 0 Å². The van der Waals surface area contributed by atoms with Gasteiger partial charge in [0.05, 0.1) is 11.9 Å². The first kappa shape index (κ1) is 7.79. The standard InChI is InChI=1S/C10H10N2O2/c1-6-4-7-8(5-11-6)14-10(2-3-10)9(13)12-7/h4-5H,2-3H2,1H3,(H,12,13). The molecule has 4 nitrogen and oxygen atoms in total. The van der Waals surface area contributed by atoms with Crippen molar-refractivity contribution in [1.82, 2.24) is 4.98 Å². The third-order valence-corrected chi connectivity index (χ3v) is 2.68. The molecule has 1 spiro atoms. The third kappa shape index (κ3) is 0.937. The highest BCUT2D eigenvalue weighted by molar-refractivity contribution is 6.02. The summed E-state index contributed by atoms with van der Waals surface area (Å²) in [7, 11) is 0. The molecule has 1 aromatic rings. The van der Waals surface area contributed by atoms with Gasteiger partial charge in [-0.05, 0) is 13.0 Å². The Hall–Kier alpha value is -1.58. The third-order valence-electron chi connectivity index (χ3n) is 2.68.